The predicted octanol–water partition coefficient (Wildman–Crippen LogP) is -1.15. The summed E-state index contributed by atoms with van der Waals surface area (Å²) in [6, 6.07) is 0. The van der Waals surface area contributed by atoms with Gasteiger partial charge in [0.05, 0.1) is 6.61 Å². The van der Waals surface area contributed by atoms with E-state index >= 15 is 0 Å². The number of hydrogen-bond donors (Lipinski definition) is 3. The lowest BCUT2D eigenvalue weighted by Crippen LogP contribution is -2.44. The van der Waals surface area contributed by atoms with Gasteiger partial charge in [0.2, 0.25) is 6.23 Å². The number of carbonyl (C=O) groups excluding carboxylic acids is 2. The van der Waals surface area contributed by atoms with E-state index in [1.165, 1.54) is 0 Å². The average Bonchev–Trinajstić information content (AvgIpc) is 2.17. The molecular weight excluding hydrogens is 206 g/mol. The van der Waals surface area contributed by atoms with Crippen LogP contribution in [0.15, 0.2) is 0 Å². The Hall–Kier alpha value is -1.63. The number of carbonyl (C=O) groups is 3. The van der Waals surface area contributed by atoms with Crippen LogP contribution in [0.25, 0.3) is 0 Å². The molecule has 3 N–H and O–H groups in total. The number of aliphatic carboxylic acids is 1. The minimum absolute atomic E-state index is 0.0892. The predicted molar refractivity (Wildman–Crippen MR) is 47.7 cm³/mol. The molecule has 0 aromatic carbocycles. The molecular formula is C8H13NO6. The highest BCUT2D eigenvalue weighted by atomic mass is 16.5. The molecule has 7 heteroatoms. The first-order valence-corrected chi connectivity index (χ1v) is 4.37. The van der Waals surface area contributed by atoms with Gasteiger partial charge in [0.1, 0.15) is 0 Å². The standard InChI is InChI=1S/C8H13NO6/c1-2-3-4-15-8(14)6(11)9-5(10)7(12)13/h5,10H,2-4H2,1H3,(H,9,11)(H,12,13). The summed E-state index contributed by atoms with van der Waals surface area (Å²) in [7, 11) is 0. The minimum Gasteiger partial charge on any atom is -0.478 e. The van der Waals surface area contributed by atoms with Crippen LogP contribution in [0.3, 0.4) is 0 Å². The van der Waals surface area contributed by atoms with E-state index in [2.05, 4.69) is 4.74 Å². The molecule has 0 rings (SSSR count). The maximum Gasteiger partial charge on any atom is 0.396 e. The van der Waals surface area contributed by atoms with Crippen molar-refractivity contribution in [3.8, 4) is 0 Å². The second-order valence-electron chi connectivity index (χ2n) is 2.70. The number of esters is 1. The van der Waals surface area contributed by atoms with Gasteiger partial charge in [-0.15, -0.1) is 0 Å². The molecule has 0 aromatic heterocycles. The van der Waals surface area contributed by atoms with Gasteiger partial charge in [-0.25, -0.2) is 9.59 Å². The summed E-state index contributed by atoms with van der Waals surface area (Å²) >= 11 is 0. The summed E-state index contributed by atoms with van der Waals surface area (Å²) in [6.45, 7) is 1.97. The van der Waals surface area contributed by atoms with E-state index in [-0.39, 0.29) is 6.61 Å². The van der Waals surface area contributed by atoms with Gasteiger partial charge in [0, 0.05) is 0 Å². The Morgan fingerprint density at radius 1 is 1.40 bits per heavy atom. The molecule has 86 valence electrons. The smallest absolute Gasteiger partial charge is 0.396 e. The van der Waals surface area contributed by atoms with Crippen LogP contribution in [0.2, 0.25) is 0 Å². The Morgan fingerprint density at radius 3 is 2.47 bits per heavy atom. The highest BCUT2D eigenvalue weighted by Gasteiger charge is 2.22. The summed E-state index contributed by atoms with van der Waals surface area (Å²) < 4.78 is 4.47. The zero-order valence-electron chi connectivity index (χ0n) is 8.23. The van der Waals surface area contributed by atoms with Crippen LogP contribution in [-0.2, 0) is 19.1 Å². The van der Waals surface area contributed by atoms with Gasteiger partial charge in [0.15, 0.2) is 0 Å². The number of carboxylic acid groups (broad SMARTS) is 1. The van der Waals surface area contributed by atoms with Crippen LogP contribution in [0.1, 0.15) is 19.8 Å². The SMILES string of the molecule is CCCCOC(=O)C(=O)NC(O)C(=O)O. The van der Waals surface area contributed by atoms with Crippen molar-refractivity contribution in [2.45, 2.75) is 26.0 Å². The Balaban J connectivity index is 3.89. The summed E-state index contributed by atoms with van der Waals surface area (Å²) in [6.07, 6.45) is -0.691. The van der Waals surface area contributed by atoms with Crippen LogP contribution in [0, 0.1) is 0 Å². The Kier molecular flexibility index (Phi) is 6.03. The van der Waals surface area contributed by atoms with Gasteiger partial charge in [-0.05, 0) is 6.42 Å². The molecule has 0 aliphatic heterocycles. The van der Waals surface area contributed by atoms with Gasteiger partial charge < -0.3 is 20.3 Å². The number of carboxylic acids is 1. The van der Waals surface area contributed by atoms with Crippen molar-refractivity contribution in [1.82, 2.24) is 5.32 Å². The van der Waals surface area contributed by atoms with Crippen LogP contribution in [0.5, 0.6) is 0 Å². The summed E-state index contributed by atoms with van der Waals surface area (Å²) in [5, 5.41) is 18.4. The second-order valence-corrected chi connectivity index (χ2v) is 2.70. The van der Waals surface area contributed by atoms with E-state index < -0.39 is 24.1 Å². The summed E-state index contributed by atoms with van der Waals surface area (Å²) in [5.41, 5.74) is 0. The number of ether oxygens (including phenoxy) is 1. The van der Waals surface area contributed by atoms with Gasteiger partial charge in [-0.2, -0.15) is 0 Å². The third-order valence-corrected chi connectivity index (χ3v) is 1.42. The van der Waals surface area contributed by atoms with Crippen molar-refractivity contribution < 1.29 is 29.3 Å². The normalized spacial score (nSPS) is 11.6. The molecule has 0 heterocycles. The van der Waals surface area contributed by atoms with E-state index in [1.54, 1.807) is 5.32 Å². The molecule has 0 aliphatic carbocycles. The van der Waals surface area contributed by atoms with Crippen molar-refractivity contribution >= 4 is 17.8 Å². The minimum atomic E-state index is -2.10. The maximum atomic E-state index is 10.8. The van der Waals surface area contributed by atoms with Gasteiger partial charge >= 0.3 is 17.8 Å². The van der Waals surface area contributed by atoms with E-state index in [0.717, 1.165) is 6.42 Å². The number of hydrogen-bond acceptors (Lipinski definition) is 5. The molecule has 0 fully saturated rings. The molecule has 1 atom stereocenters. The number of rotatable bonds is 5. The molecule has 0 saturated heterocycles. The van der Waals surface area contributed by atoms with E-state index in [9.17, 15) is 14.4 Å². The van der Waals surface area contributed by atoms with Crippen molar-refractivity contribution in [2.24, 2.45) is 0 Å². The Morgan fingerprint density at radius 2 is 2.00 bits per heavy atom. The molecule has 0 saturated carbocycles. The summed E-state index contributed by atoms with van der Waals surface area (Å²) in [5.74, 6) is -4.13. The number of unbranched alkanes of at least 4 members (excludes halogenated alkanes) is 1. The van der Waals surface area contributed by atoms with Gasteiger partial charge in [-0.3, -0.25) is 4.79 Å². The molecule has 15 heavy (non-hydrogen) atoms. The van der Waals surface area contributed by atoms with Crippen molar-refractivity contribution in [2.75, 3.05) is 6.61 Å². The second kappa shape index (κ2) is 6.77. The fourth-order valence-electron chi connectivity index (χ4n) is 0.620. The third kappa shape index (κ3) is 5.63. The fourth-order valence-corrected chi connectivity index (χ4v) is 0.620. The highest BCUT2D eigenvalue weighted by molar-refractivity contribution is 6.32. The first-order chi connectivity index (χ1) is 6.99. The third-order valence-electron chi connectivity index (χ3n) is 1.42. The highest BCUT2D eigenvalue weighted by Crippen LogP contribution is 1.89. The molecule has 0 radical (unpaired) electrons. The number of amides is 1. The molecule has 0 aliphatic rings. The lowest BCUT2D eigenvalue weighted by molar-refractivity contribution is -0.159. The molecule has 0 spiro atoms. The van der Waals surface area contributed by atoms with Gasteiger partial charge in [0.25, 0.3) is 0 Å². The van der Waals surface area contributed by atoms with Crippen molar-refractivity contribution in [1.29, 1.82) is 0 Å². The van der Waals surface area contributed by atoms with Crippen LogP contribution in [-0.4, -0.2) is 40.9 Å². The van der Waals surface area contributed by atoms with Crippen molar-refractivity contribution in [3.63, 3.8) is 0 Å². The molecule has 0 aromatic rings. The topological polar surface area (TPSA) is 113 Å². The first kappa shape index (κ1) is 13.4. The van der Waals surface area contributed by atoms with E-state index in [4.69, 9.17) is 10.2 Å². The monoisotopic (exact) mass is 219 g/mol. The van der Waals surface area contributed by atoms with Crippen molar-refractivity contribution in [3.05, 3.63) is 0 Å². The van der Waals surface area contributed by atoms with Gasteiger partial charge in [-0.1, -0.05) is 13.3 Å². The largest absolute Gasteiger partial charge is 0.478 e. The number of nitrogens with one attached hydrogen (secondary N) is 1. The molecule has 7 nitrogen and oxygen atoms in total. The molecule has 0 bridgehead atoms. The van der Waals surface area contributed by atoms with Crippen LogP contribution in [0.4, 0.5) is 0 Å². The molecule has 1 unspecified atom stereocenters. The maximum absolute atomic E-state index is 10.8. The van der Waals surface area contributed by atoms with Crippen LogP contribution < -0.4 is 5.32 Å². The van der Waals surface area contributed by atoms with E-state index in [0.29, 0.717) is 6.42 Å². The number of aliphatic hydroxyl groups excluding tert-OH is 1. The quantitative estimate of drug-likeness (QED) is 0.233. The number of aliphatic hydroxyl groups is 1. The zero-order chi connectivity index (χ0) is 11.8. The average molecular weight is 219 g/mol. The lowest BCUT2D eigenvalue weighted by Gasteiger charge is -2.07. The molecule has 1 amide bonds. The van der Waals surface area contributed by atoms with E-state index in [1.807, 2.05) is 6.92 Å². The summed E-state index contributed by atoms with van der Waals surface area (Å²) in [4.78, 5) is 31.8. The zero-order valence-corrected chi connectivity index (χ0v) is 8.23. The Labute approximate surface area is 86.0 Å². The lowest BCUT2D eigenvalue weighted by atomic mass is 10.4. The fraction of sp³-hybridized carbons (Fsp3) is 0.625. The first-order valence-electron chi connectivity index (χ1n) is 4.37. The Bertz CT molecular complexity index is 252. The van der Waals surface area contributed by atoms with Crippen LogP contribution >= 0.6 is 0 Å².